The highest BCUT2D eigenvalue weighted by Gasteiger charge is 2.18. The van der Waals surface area contributed by atoms with Gasteiger partial charge in [0.05, 0.1) is 23.0 Å². The SMILES string of the molecule is CCCn1ncc(Cl)c1C(N)c1ccc(SCC)cc1. The molecule has 0 bridgehead atoms. The molecular weight excluding hydrogens is 290 g/mol. The predicted octanol–water partition coefficient (Wildman–Crippen LogP) is 4.11. The van der Waals surface area contributed by atoms with Gasteiger partial charge in [0, 0.05) is 11.4 Å². The number of rotatable bonds is 6. The molecule has 0 aliphatic rings. The van der Waals surface area contributed by atoms with Crippen LogP contribution in [0.3, 0.4) is 0 Å². The van der Waals surface area contributed by atoms with E-state index in [-0.39, 0.29) is 6.04 Å². The molecule has 0 saturated heterocycles. The Labute approximate surface area is 129 Å². The molecule has 2 aromatic rings. The van der Waals surface area contributed by atoms with Crippen LogP contribution in [0.4, 0.5) is 0 Å². The standard InChI is InChI=1S/C15H20ClN3S/c1-3-9-19-15(13(16)10-18-19)14(17)11-5-7-12(8-6-11)20-4-2/h5-8,10,14H,3-4,9,17H2,1-2H3. The zero-order valence-electron chi connectivity index (χ0n) is 11.8. The summed E-state index contributed by atoms with van der Waals surface area (Å²) in [6, 6.07) is 8.12. The largest absolute Gasteiger partial charge is 0.319 e. The number of benzene rings is 1. The van der Waals surface area contributed by atoms with Gasteiger partial charge in [0.15, 0.2) is 0 Å². The van der Waals surface area contributed by atoms with Crippen molar-refractivity contribution in [2.75, 3.05) is 5.75 Å². The van der Waals surface area contributed by atoms with E-state index in [1.54, 1.807) is 6.20 Å². The maximum atomic E-state index is 6.36. The van der Waals surface area contributed by atoms with E-state index in [1.807, 2.05) is 16.4 Å². The van der Waals surface area contributed by atoms with Gasteiger partial charge >= 0.3 is 0 Å². The Morgan fingerprint density at radius 3 is 2.60 bits per heavy atom. The highest BCUT2D eigenvalue weighted by molar-refractivity contribution is 7.99. The Morgan fingerprint density at radius 1 is 1.30 bits per heavy atom. The lowest BCUT2D eigenvalue weighted by molar-refractivity contribution is 0.560. The second-order valence-electron chi connectivity index (χ2n) is 4.58. The highest BCUT2D eigenvalue weighted by atomic mass is 35.5. The van der Waals surface area contributed by atoms with Crippen molar-refractivity contribution in [3.05, 3.63) is 46.7 Å². The molecule has 5 heteroatoms. The molecule has 1 atom stereocenters. The van der Waals surface area contributed by atoms with Crippen molar-refractivity contribution in [1.82, 2.24) is 9.78 Å². The number of nitrogens with zero attached hydrogens (tertiary/aromatic N) is 2. The first-order chi connectivity index (χ1) is 9.67. The number of halogens is 1. The second-order valence-corrected chi connectivity index (χ2v) is 6.33. The fraction of sp³-hybridized carbons (Fsp3) is 0.400. The monoisotopic (exact) mass is 309 g/mol. The van der Waals surface area contributed by atoms with Crippen LogP contribution in [0.2, 0.25) is 5.02 Å². The van der Waals surface area contributed by atoms with Crippen LogP contribution in [-0.4, -0.2) is 15.5 Å². The van der Waals surface area contributed by atoms with Crippen molar-refractivity contribution in [2.45, 2.75) is 37.8 Å². The molecule has 1 unspecified atom stereocenters. The van der Waals surface area contributed by atoms with Gasteiger partial charge in [-0.15, -0.1) is 11.8 Å². The molecule has 0 amide bonds. The maximum absolute atomic E-state index is 6.36. The summed E-state index contributed by atoms with van der Waals surface area (Å²) in [4.78, 5) is 1.26. The Morgan fingerprint density at radius 2 is 2.00 bits per heavy atom. The zero-order chi connectivity index (χ0) is 14.5. The Kier molecular flexibility index (Phi) is 5.52. The molecule has 20 heavy (non-hydrogen) atoms. The van der Waals surface area contributed by atoms with Crippen molar-refractivity contribution < 1.29 is 0 Å². The molecule has 3 nitrogen and oxygen atoms in total. The van der Waals surface area contributed by atoms with Crippen molar-refractivity contribution in [1.29, 1.82) is 0 Å². The van der Waals surface area contributed by atoms with Gasteiger partial charge in [-0.2, -0.15) is 5.10 Å². The van der Waals surface area contributed by atoms with Gasteiger partial charge in [0.25, 0.3) is 0 Å². The molecule has 1 aromatic carbocycles. The predicted molar refractivity (Wildman–Crippen MR) is 86.4 cm³/mol. The minimum absolute atomic E-state index is 0.239. The van der Waals surface area contributed by atoms with E-state index in [0.29, 0.717) is 5.02 Å². The summed E-state index contributed by atoms with van der Waals surface area (Å²) in [5.74, 6) is 1.07. The number of thioether (sulfide) groups is 1. The topological polar surface area (TPSA) is 43.8 Å². The van der Waals surface area contributed by atoms with Gasteiger partial charge in [0.1, 0.15) is 0 Å². The third-order valence-electron chi connectivity index (χ3n) is 3.11. The Bertz CT molecular complexity index is 551. The van der Waals surface area contributed by atoms with Crippen LogP contribution in [0.1, 0.15) is 37.6 Å². The van der Waals surface area contributed by atoms with Gasteiger partial charge in [0.2, 0.25) is 0 Å². The fourth-order valence-corrected chi connectivity index (χ4v) is 3.09. The number of hydrogen-bond acceptors (Lipinski definition) is 3. The lowest BCUT2D eigenvalue weighted by Gasteiger charge is -2.15. The van der Waals surface area contributed by atoms with E-state index in [4.69, 9.17) is 17.3 Å². The first kappa shape index (κ1) is 15.4. The molecule has 0 spiro atoms. The van der Waals surface area contributed by atoms with Gasteiger partial charge in [-0.25, -0.2) is 0 Å². The molecular formula is C15H20ClN3S. The van der Waals surface area contributed by atoms with Crippen LogP contribution >= 0.6 is 23.4 Å². The van der Waals surface area contributed by atoms with Crippen LogP contribution in [0.5, 0.6) is 0 Å². The van der Waals surface area contributed by atoms with E-state index in [1.165, 1.54) is 4.90 Å². The fourth-order valence-electron chi connectivity index (χ4n) is 2.17. The summed E-state index contributed by atoms with van der Waals surface area (Å²) in [5, 5.41) is 4.94. The van der Waals surface area contributed by atoms with Gasteiger partial charge in [-0.05, 0) is 29.9 Å². The Balaban J connectivity index is 2.26. The lowest BCUT2D eigenvalue weighted by atomic mass is 10.0. The van der Waals surface area contributed by atoms with E-state index >= 15 is 0 Å². The smallest absolute Gasteiger partial charge is 0.0837 e. The van der Waals surface area contributed by atoms with Crippen LogP contribution in [0.25, 0.3) is 0 Å². The summed E-state index contributed by atoms with van der Waals surface area (Å²) in [6.45, 7) is 5.09. The quantitative estimate of drug-likeness (QED) is 0.817. The zero-order valence-corrected chi connectivity index (χ0v) is 13.4. The summed E-state index contributed by atoms with van der Waals surface area (Å²) in [5.41, 5.74) is 8.32. The number of nitrogens with two attached hydrogens (primary N) is 1. The third-order valence-corrected chi connectivity index (χ3v) is 4.30. The van der Waals surface area contributed by atoms with E-state index in [9.17, 15) is 0 Å². The van der Waals surface area contributed by atoms with E-state index < -0.39 is 0 Å². The molecule has 0 radical (unpaired) electrons. The summed E-state index contributed by atoms with van der Waals surface area (Å²) in [6.07, 6.45) is 2.68. The third kappa shape index (κ3) is 3.37. The summed E-state index contributed by atoms with van der Waals surface area (Å²) in [7, 11) is 0. The number of hydrogen-bond donors (Lipinski definition) is 1. The molecule has 0 aliphatic carbocycles. The minimum Gasteiger partial charge on any atom is -0.319 e. The second kappa shape index (κ2) is 7.16. The molecule has 108 valence electrons. The van der Waals surface area contributed by atoms with Gasteiger partial charge in [-0.3, -0.25) is 4.68 Å². The average molecular weight is 310 g/mol. The minimum atomic E-state index is -0.239. The summed E-state index contributed by atoms with van der Waals surface area (Å²) < 4.78 is 1.90. The van der Waals surface area contributed by atoms with Gasteiger partial charge in [-0.1, -0.05) is 37.6 Å². The number of aryl methyl sites for hydroxylation is 1. The molecule has 1 aromatic heterocycles. The van der Waals surface area contributed by atoms with Crippen LogP contribution in [0.15, 0.2) is 35.4 Å². The Hall–Kier alpha value is -0.970. The molecule has 1 heterocycles. The molecule has 2 N–H and O–H groups in total. The average Bonchev–Trinajstić information content (AvgIpc) is 2.81. The van der Waals surface area contributed by atoms with Crippen molar-refractivity contribution in [3.63, 3.8) is 0 Å². The summed E-state index contributed by atoms with van der Waals surface area (Å²) >= 11 is 8.06. The first-order valence-electron chi connectivity index (χ1n) is 6.86. The molecule has 0 fully saturated rings. The first-order valence-corrected chi connectivity index (χ1v) is 8.23. The van der Waals surface area contributed by atoms with Crippen molar-refractivity contribution in [2.24, 2.45) is 5.73 Å². The van der Waals surface area contributed by atoms with Crippen LogP contribution < -0.4 is 5.73 Å². The maximum Gasteiger partial charge on any atom is 0.0837 e. The van der Waals surface area contributed by atoms with Crippen LogP contribution in [0, 0.1) is 0 Å². The van der Waals surface area contributed by atoms with Gasteiger partial charge < -0.3 is 5.73 Å². The molecule has 0 aliphatic heterocycles. The van der Waals surface area contributed by atoms with E-state index in [2.05, 4.69) is 43.2 Å². The van der Waals surface area contributed by atoms with E-state index in [0.717, 1.165) is 30.0 Å². The number of aromatic nitrogens is 2. The lowest BCUT2D eigenvalue weighted by Crippen LogP contribution is -2.18. The normalized spacial score (nSPS) is 12.6. The van der Waals surface area contributed by atoms with Crippen LogP contribution in [-0.2, 0) is 6.54 Å². The van der Waals surface area contributed by atoms with Crippen molar-refractivity contribution in [3.8, 4) is 0 Å². The molecule has 2 rings (SSSR count). The highest BCUT2D eigenvalue weighted by Crippen LogP contribution is 2.28. The molecule has 0 saturated carbocycles. The van der Waals surface area contributed by atoms with Crippen molar-refractivity contribution >= 4 is 23.4 Å².